The van der Waals surface area contributed by atoms with Crippen molar-refractivity contribution in [1.29, 1.82) is 0 Å². The van der Waals surface area contributed by atoms with Gasteiger partial charge in [0, 0.05) is 12.1 Å². The second-order valence-electron chi connectivity index (χ2n) is 7.76. The smallest absolute Gasteiger partial charge is 0.238 e. The number of carbonyl (C=O) groups is 1. The average Bonchev–Trinajstić information content (AvgIpc) is 2.98. The minimum Gasteiger partial charge on any atom is -0.494 e. The molecule has 1 unspecified atom stereocenters. The fourth-order valence-electron chi connectivity index (χ4n) is 3.99. The first-order chi connectivity index (χ1) is 14.7. The number of benzene rings is 2. The number of fused-ring (bicyclic) bond motifs is 1. The third kappa shape index (κ3) is 5.17. The van der Waals surface area contributed by atoms with Crippen LogP contribution in [0.5, 0.6) is 5.75 Å². The molecular formula is C24H29N3O2S. The Morgan fingerprint density at radius 1 is 1.17 bits per heavy atom. The maximum Gasteiger partial charge on any atom is 0.238 e. The SMILES string of the molecule is CCOc1ccc2nc(SC(C(=O)NC3CCCCCC3)c3ccccc3)[nH]c2c1. The molecule has 158 valence electrons. The average molecular weight is 424 g/mol. The van der Waals surface area contributed by atoms with Gasteiger partial charge in [-0.15, -0.1) is 0 Å². The molecule has 6 heteroatoms. The van der Waals surface area contributed by atoms with Crippen molar-refractivity contribution in [1.82, 2.24) is 15.3 Å². The maximum absolute atomic E-state index is 13.3. The Kier molecular flexibility index (Phi) is 6.95. The van der Waals surface area contributed by atoms with Crippen molar-refractivity contribution < 1.29 is 9.53 Å². The van der Waals surface area contributed by atoms with E-state index in [0.29, 0.717) is 6.61 Å². The summed E-state index contributed by atoms with van der Waals surface area (Å²) in [6.07, 6.45) is 7.07. The van der Waals surface area contributed by atoms with E-state index in [1.54, 1.807) is 0 Å². The quantitative estimate of drug-likeness (QED) is 0.381. The van der Waals surface area contributed by atoms with Crippen molar-refractivity contribution in [3.8, 4) is 5.75 Å². The minimum absolute atomic E-state index is 0.0635. The molecule has 4 rings (SSSR count). The predicted molar refractivity (Wildman–Crippen MR) is 122 cm³/mol. The van der Waals surface area contributed by atoms with E-state index >= 15 is 0 Å². The Labute approximate surface area is 182 Å². The van der Waals surface area contributed by atoms with Crippen molar-refractivity contribution >= 4 is 28.7 Å². The lowest BCUT2D eigenvalue weighted by atomic mass is 10.1. The third-order valence-electron chi connectivity index (χ3n) is 5.51. The lowest BCUT2D eigenvalue weighted by Gasteiger charge is -2.21. The Morgan fingerprint density at radius 3 is 2.67 bits per heavy atom. The van der Waals surface area contributed by atoms with Crippen LogP contribution < -0.4 is 10.1 Å². The lowest BCUT2D eigenvalue weighted by molar-refractivity contribution is -0.121. The maximum atomic E-state index is 13.3. The van der Waals surface area contributed by atoms with E-state index in [4.69, 9.17) is 9.72 Å². The number of aromatic amines is 1. The van der Waals surface area contributed by atoms with Crippen LogP contribution in [0.1, 0.15) is 56.3 Å². The molecule has 2 N–H and O–H groups in total. The molecule has 1 saturated carbocycles. The highest BCUT2D eigenvalue weighted by Gasteiger charge is 2.26. The van der Waals surface area contributed by atoms with Gasteiger partial charge in [0.1, 0.15) is 11.0 Å². The van der Waals surface area contributed by atoms with Gasteiger partial charge in [0.15, 0.2) is 5.16 Å². The fraction of sp³-hybridized carbons (Fsp3) is 0.417. The fourth-order valence-corrected chi connectivity index (χ4v) is 5.00. The van der Waals surface area contributed by atoms with E-state index in [1.165, 1.54) is 37.4 Å². The van der Waals surface area contributed by atoms with Crippen LogP contribution in [-0.2, 0) is 4.79 Å². The number of hydrogen-bond acceptors (Lipinski definition) is 4. The molecule has 5 nitrogen and oxygen atoms in total. The van der Waals surface area contributed by atoms with E-state index in [2.05, 4.69) is 10.3 Å². The molecule has 1 aromatic heterocycles. The molecule has 1 fully saturated rings. The topological polar surface area (TPSA) is 67.0 Å². The highest BCUT2D eigenvalue weighted by atomic mass is 32.2. The van der Waals surface area contributed by atoms with E-state index in [9.17, 15) is 4.79 Å². The normalized spacial score (nSPS) is 16.2. The largest absolute Gasteiger partial charge is 0.494 e. The molecule has 0 aliphatic heterocycles. The second-order valence-corrected chi connectivity index (χ2v) is 8.85. The zero-order valence-electron chi connectivity index (χ0n) is 17.4. The third-order valence-corrected chi connectivity index (χ3v) is 6.65. The summed E-state index contributed by atoms with van der Waals surface area (Å²) in [4.78, 5) is 21.3. The number of hydrogen-bond donors (Lipinski definition) is 2. The first-order valence-corrected chi connectivity index (χ1v) is 11.8. The van der Waals surface area contributed by atoms with Gasteiger partial charge in [-0.2, -0.15) is 0 Å². The first kappa shape index (κ1) is 20.8. The van der Waals surface area contributed by atoms with Crippen molar-refractivity contribution in [3.63, 3.8) is 0 Å². The second kappa shape index (κ2) is 10.0. The predicted octanol–water partition coefficient (Wildman–Crippen LogP) is 5.63. The van der Waals surface area contributed by atoms with E-state index in [-0.39, 0.29) is 17.2 Å². The Balaban J connectivity index is 1.55. The van der Waals surface area contributed by atoms with Crippen molar-refractivity contribution in [2.24, 2.45) is 0 Å². The van der Waals surface area contributed by atoms with Gasteiger partial charge in [0.2, 0.25) is 5.91 Å². The zero-order valence-corrected chi connectivity index (χ0v) is 18.2. The summed E-state index contributed by atoms with van der Waals surface area (Å²) in [5, 5.41) is 3.71. The van der Waals surface area contributed by atoms with Crippen molar-refractivity contribution in [2.75, 3.05) is 6.61 Å². The molecule has 1 aliphatic rings. The van der Waals surface area contributed by atoms with Gasteiger partial charge < -0.3 is 15.0 Å². The van der Waals surface area contributed by atoms with Crippen molar-refractivity contribution in [2.45, 2.75) is 61.9 Å². The molecule has 2 aromatic carbocycles. The summed E-state index contributed by atoms with van der Waals surface area (Å²) in [6, 6.07) is 16.1. The van der Waals surface area contributed by atoms with Gasteiger partial charge in [0.25, 0.3) is 0 Å². The summed E-state index contributed by atoms with van der Waals surface area (Å²) in [7, 11) is 0. The zero-order chi connectivity index (χ0) is 20.8. The molecule has 1 amide bonds. The van der Waals surface area contributed by atoms with Crippen LogP contribution in [0.2, 0.25) is 0 Å². The molecule has 0 bridgehead atoms. The summed E-state index contributed by atoms with van der Waals surface area (Å²) < 4.78 is 5.59. The van der Waals surface area contributed by atoms with Crippen LogP contribution >= 0.6 is 11.8 Å². The van der Waals surface area contributed by atoms with Crippen LogP contribution in [-0.4, -0.2) is 28.5 Å². The number of thioether (sulfide) groups is 1. The summed E-state index contributed by atoms with van der Waals surface area (Å²) in [5.41, 5.74) is 2.78. The van der Waals surface area contributed by atoms with Gasteiger partial charge in [-0.05, 0) is 37.5 Å². The number of nitrogens with one attached hydrogen (secondary N) is 2. The highest BCUT2D eigenvalue weighted by molar-refractivity contribution is 8.00. The number of ether oxygens (including phenoxy) is 1. The molecule has 0 saturated heterocycles. The number of carbonyl (C=O) groups excluding carboxylic acids is 1. The molecular weight excluding hydrogens is 394 g/mol. The van der Waals surface area contributed by atoms with Crippen LogP contribution in [0, 0.1) is 0 Å². The van der Waals surface area contributed by atoms with Crippen LogP contribution in [0.4, 0.5) is 0 Å². The number of imidazole rings is 1. The van der Waals surface area contributed by atoms with Gasteiger partial charge in [0.05, 0.1) is 17.6 Å². The summed E-state index contributed by atoms with van der Waals surface area (Å²) >= 11 is 1.47. The van der Waals surface area contributed by atoms with Crippen molar-refractivity contribution in [3.05, 3.63) is 54.1 Å². The summed E-state index contributed by atoms with van der Waals surface area (Å²) in [6.45, 7) is 2.59. The molecule has 1 atom stereocenters. The lowest BCUT2D eigenvalue weighted by Crippen LogP contribution is -2.37. The monoisotopic (exact) mass is 423 g/mol. The van der Waals surface area contributed by atoms with E-state index in [0.717, 1.165) is 40.3 Å². The molecule has 30 heavy (non-hydrogen) atoms. The Morgan fingerprint density at radius 2 is 1.93 bits per heavy atom. The molecule has 0 spiro atoms. The van der Waals surface area contributed by atoms with Gasteiger partial charge >= 0.3 is 0 Å². The molecule has 0 radical (unpaired) electrons. The van der Waals surface area contributed by atoms with Crippen LogP contribution in [0.3, 0.4) is 0 Å². The summed E-state index contributed by atoms with van der Waals surface area (Å²) in [5.74, 6) is 0.879. The van der Waals surface area contributed by atoms with E-state index < -0.39 is 0 Å². The number of rotatable bonds is 7. The van der Waals surface area contributed by atoms with Crippen LogP contribution in [0.25, 0.3) is 11.0 Å². The first-order valence-electron chi connectivity index (χ1n) is 10.9. The van der Waals surface area contributed by atoms with Gasteiger partial charge in [-0.25, -0.2) is 4.98 Å². The molecule has 1 aliphatic carbocycles. The molecule has 1 heterocycles. The van der Waals surface area contributed by atoms with Gasteiger partial charge in [-0.1, -0.05) is 67.8 Å². The number of nitrogens with zero attached hydrogens (tertiary/aromatic N) is 1. The highest BCUT2D eigenvalue weighted by Crippen LogP contribution is 2.35. The van der Waals surface area contributed by atoms with Gasteiger partial charge in [-0.3, -0.25) is 4.79 Å². The minimum atomic E-state index is -0.346. The Bertz CT molecular complexity index is 965. The number of amides is 1. The molecule has 3 aromatic rings. The number of H-pyrrole nitrogens is 1. The van der Waals surface area contributed by atoms with Crippen LogP contribution in [0.15, 0.2) is 53.7 Å². The standard InChI is InChI=1S/C24H29N3O2S/c1-2-29-19-14-15-20-21(16-19)27-24(26-20)30-22(17-10-6-5-7-11-17)23(28)25-18-12-8-3-4-9-13-18/h5-7,10-11,14-16,18,22H,2-4,8-9,12-13H2,1H3,(H,25,28)(H,26,27). The number of aromatic nitrogens is 2. The van der Waals surface area contributed by atoms with E-state index in [1.807, 2.05) is 55.5 Å². The Hall–Kier alpha value is -2.47.